The van der Waals surface area contributed by atoms with Gasteiger partial charge >= 0.3 is 0 Å². The monoisotopic (exact) mass is 330 g/mol. The molecule has 0 bridgehead atoms. The normalized spacial score (nSPS) is 10.3. The summed E-state index contributed by atoms with van der Waals surface area (Å²) in [5, 5.41) is 0. The van der Waals surface area contributed by atoms with Crippen LogP contribution < -0.4 is 9.47 Å². The summed E-state index contributed by atoms with van der Waals surface area (Å²) < 4.78 is 11.6. The van der Waals surface area contributed by atoms with Gasteiger partial charge in [-0.15, -0.1) is 13.2 Å². The molecule has 0 spiro atoms. The van der Waals surface area contributed by atoms with E-state index in [1.165, 1.54) is 38.5 Å². The first kappa shape index (κ1) is 20.3. The lowest BCUT2D eigenvalue weighted by Gasteiger charge is -2.09. The van der Waals surface area contributed by atoms with Gasteiger partial charge in [-0.1, -0.05) is 43.9 Å². The van der Waals surface area contributed by atoms with Gasteiger partial charge in [0.15, 0.2) is 0 Å². The largest absolute Gasteiger partial charge is 0.493 e. The lowest BCUT2D eigenvalue weighted by molar-refractivity contribution is 0.290. The fourth-order valence-electron chi connectivity index (χ4n) is 2.52. The van der Waals surface area contributed by atoms with Crippen molar-refractivity contribution >= 4 is 0 Å². The second-order valence-corrected chi connectivity index (χ2v) is 6.15. The molecule has 0 aromatic heterocycles. The summed E-state index contributed by atoms with van der Waals surface area (Å²) in [4.78, 5) is 0. The Morgan fingerprint density at radius 2 is 1.12 bits per heavy atom. The highest BCUT2D eigenvalue weighted by molar-refractivity contribution is 5.32. The number of ether oxygens (including phenoxy) is 2. The number of benzene rings is 1. The summed E-state index contributed by atoms with van der Waals surface area (Å²) >= 11 is 0. The van der Waals surface area contributed by atoms with E-state index in [1.807, 2.05) is 36.4 Å². The minimum Gasteiger partial charge on any atom is -0.493 e. The average molecular weight is 331 g/mol. The van der Waals surface area contributed by atoms with E-state index in [0.29, 0.717) is 0 Å². The molecule has 0 fully saturated rings. The molecule has 134 valence electrons. The second-order valence-electron chi connectivity index (χ2n) is 6.15. The highest BCUT2D eigenvalue weighted by Crippen LogP contribution is 2.20. The molecule has 1 rings (SSSR count). The zero-order valence-corrected chi connectivity index (χ0v) is 15.2. The predicted octanol–water partition coefficient (Wildman–Crippen LogP) is 6.72. The summed E-state index contributed by atoms with van der Waals surface area (Å²) in [6.07, 6.45) is 15.8. The molecule has 0 aliphatic rings. The summed E-state index contributed by atoms with van der Waals surface area (Å²) in [6, 6.07) is 7.99. The molecule has 2 nitrogen and oxygen atoms in total. The average Bonchev–Trinajstić information content (AvgIpc) is 2.60. The van der Waals surface area contributed by atoms with Crippen molar-refractivity contribution in [2.45, 2.75) is 64.2 Å². The topological polar surface area (TPSA) is 18.5 Å². The Hall–Kier alpha value is -1.70. The van der Waals surface area contributed by atoms with Crippen LogP contribution in [-0.4, -0.2) is 13.2 Å². The van der Waals surface area contributed by atoms with Gasteiger partial charge in [-0.25, -0.2) is 0 Å². The third-order valence-corrected chi connectivity index (χ3v) is 3.95. The SMILES string of the molecule is C=CCCCCCCOc1cccc(OCCCCCCC=C)c1. The van der Waals surface area contributed by atoms with Crippen molar-refractivity contribution in [3.8, 4) is 11.5 Å². The lowest BCUT2D eigenvalue weighted by Crippen LogP contribution is -1.99. The molecule has 0 radical (unpaired) electrons. The van der Waals surface area contributed by atoms with Crippen molar-refractivity contribution in [2.75, 3.05) is 13.2 Å². The molecule has 0 aliphatic carbocycles. The first-order valence-electron chi connectivity index (χ1n) is 9.44. The van der Waals surface area contributed by atoms with E-state index >= 15 is 0 Å². The fraction of sp³-hybridized carbons (Fsp3) is 0.545. The van der Waals surface area contributed by atoms with Gasteiger partial charge in [0.25, 0.3) is 0 Å². The molecular weight excluding hydrogens is 296 g/mol. The molecule has 0 heterocycles. The van der Waals surface area contributed by atoms with E-state index in [0.717, 1.165) is 50.4 Å². The van der Waals surface area contributed by atoms with Crippen LogP contribution in [0.4, 0.5) is 0 Å². The Kier molecular flexibility index (Phi) is 12.6. The highest BCUT2D eigenvalue weighted by atomic mass is 16.5. The molecular formula is C22H34O2. The maximum absolute atomic E-state index is 5.82. The number of hydrogen-bond acceptors (Lipinski definition) is 2. The molecule has 0 atom stereocenters. The first-order valence-corrected chi connectivity index (χ1v) is 9.44. The van der Waals surface area contributed by atoms with E-state index in [9.17, 15) is 0 Å². The summed E-state index contributed by atoms with van der Waals surface area (Å²) in [5.41, 5.74) is 0. The maximum atomic E-state index is 5.82. The van der Waals surface area contributed by atoms with Crippen molar-refractivity contribution in [3.63, 3.8) is 0 Å². The van der Waals surface area contributed by atoms with Crippen LogP contribution in [0.25, 0.3) is 0 Å². The fourth-order valence-corrected chi connectivity index (χ4v) is 2.52. The third-order valence-electron chi connectivity index (χ3n) is 3.95. The van der Waals surface area contributed by atoms with Gasteiger partial charge in [0.1, 0.15) is 11.5 Å². The minimum absolute atomic E-state index is 0.779. The molecule has 0 amide bonds. The zero-order valence-electron chi connectivity index (χ0n) is 15.2. The van der Waals surface area contributed by atoms with Gasteiger partial charge in [-0.2, -0.15) is 0 Å². The second kappa shape index (κ2) is 14.9. The van der Waals surface area contributed by atoms with Gasteiger partial charge in [0, 0.05) is 6.07 Å². The van der Waals surface area contributed by atoms with Gasteiger partial charge < -0.3 is 9.47 Å². The minimum atomic E-state index is 0.779. The van der Waals surface area contributed by atoms with Crippen LogP contribution >= 0.6 is 0 Å². The Bertz CT molecular complexity index is 402. The Morgan fingerprint density at radius 1 is 0.667 bits per heavy atom. The van der Waals surface area contributed by atoms with Gasteiger partial charge in [0.2, 0.25) is 0 Å². The summed E-state index contributed by atoms with van der Waals surface area (Å²) in [6.45, 7) is 9.05. The Balaban J connectivity index is 2.10. The summed E-state index contributed by atoms with van der Waals surface area (Å²) in [7, 11) is 0. The highest BCUT2D eigenvalue weighted by Gasteiger charge is 1.99. The van der Waals surface area contributed by atoms with Crippen LogP contribution in [0.2, 0.25) is 0 Å². The molecule has 1 aromatic carbocycles. The van der Waals surface area contributed by atoms with E-state index in [-0.39, 0.29) is 0 Å². The maximum Gasteiger partial charge on any atom is 0.122 e. The van der Waals surface area contributed by atoms with E-state index in [2.05, 4.69) is 13.2 Å². The number of unbranched alkanes of at least 4 members (excludes halogenated alkanes) is 8. The molecule has 24 heavy (non-hydrogen) atoms. The van der Waals surface area contributed by atoms with Crippen LogP contribution in [0.15, 0.2) is 49.6 Å². The smallest absolute Gasteiger partial charge is 0.122 e. The van der Waals surface area contributed by atoms with Crippen molar-refractivity contribution in [1.29, 1.82) is 0 Å². The zero-order chi connectivity index (χ0) is 17.3. The van der Waals surface area contributed by atoms with Gasteiger partial charge in [-0.05, 0) is 50.7 Å². The lowest BCUT2D eigenvalue weighted by atomic mass is 10.1. The molecule has 0 N–H and O–H groups in total. The van der Waals surface area contributed by atoms with E-state index < -0.39 is 0 Å². The molecule has 2 heteroatoms. The number of hydrogen-bond donors (Lipinski definition) is 0. The quantitative estimate of drug-likeness (QED) is 0.247. The molecule has 1 aromatic rings. The standard InChI is InChI=1S/C22H34O2/c1-3-5-7-9-11-13-18-23-21-16-15-17-22(20-21)24-19-14-12-10-8-6-4-2/h3-4,15-17,20H,1-2,5-14,18-19H2. The van der Waals surface area contributed by atoms with Crippen molar-refractivity contribution in [3.05, 3.63) is 49.6 Å². The van der Waals surface area contributed by atoms with Crippen LogP contribution in [-0.2, 0) is 0 Å². The molecule has 0 aliphatic heterocycles. The van der Waals surface area contributed by atoms with E-state index in [1.54, 1.807) is 0 Å². The molecule has 0 saturated heterocycles. The van der Waals surface area contributed by atoms with Crippen LogP contribution in [0.5, 0.6) is 11.5 Å². The Labute approximate surface area is 148 Å². The predicted molar refractivity (Wildman–Crippen MR) is 104 cm³/mol. The van der Waals surface area contributed by atoms with Crippen molar-refractivity contribution in [1.82, 2.24) is 0 Å². The van der Waals surface area contributed by atoms with Gasteiger partial charge in [0.05, 0.1) is 13.2 Å². The molecule has 0 unspecified atom stereocenters. The number of rotatable bonds is 16. The molecule has 0 saturated carbocycles. The summed E-state index contributed by atoms with van der Waals surface area (Å²) in [5.74, 6) is 1.81. The number of allylic oxidation sites excluding steroid dienone is 2. The van der Waals surface area contributed by atoms with Gasteiger partial charge in [-0.3, -0.25) is 0 Å². The first-order chi connectivity index (χ1) is 11.9. The van der Waals surface area contributed by atoms with Crippen molar-refractivity contribution < 1.29 is 9.47 Å². The van der Waals surface area contributed by atoms with Crippen LogP contribution in [0.3, 0.4) is 0 Å². The Morgan fingerprint density at radius 3 is 1.58 bits per heavy atom. The van der Waals surface area contributed by atoms with E-state index in [4.69, 9.17) is 9.47 Å². The van der Waals surface area contributed by atoms with Crippen LogP contribution in [0, 0.1) is 0 Å². The van der Waals surface area contributed by atoms with Crippen LogP contribution in [0.1, 0.15) is 64.2 Å². The van der Waals surface area contributed by atoms with Crippen molar-refractivity contribution in [2.24, 2.45) is 0 Å². The third kappa shape index (κ3) is 10.9.